The van der Waals surface area contributed by atoms with E-state index in [0.29, 0.717) is 10.6 Å². The van der Waals surface area contributed by atoms with Gasteiger partial charge in [0.25, 0.3) is 0 Å². The fraction of sp³-hybridized carbons (Fsp3) is 0.167. The molecule has 0 saturated heterocycles. The van der Waals surface area contributed by atoms with E-state index in [1.807, 2.05) is 19.1 Å². The third kappa shape index (κ3) is 2.26. The van der Waals surface area contributed by atoms with Gasteiger partial charge in [0.15, 0.2) is 0 Å². The summed E-state index contributed by atoms with van der Waals surface area (Å²) < 4.78 is 13.1. The Hall–Kier alpha value is -0.900. The molecule has 1 N–H and O–H groups in total. The van der Waals surface area contributed by atoms with Crippen LogP contribution in [0.4, 0.5) is 4.39 Å². The normalized spacial score (nSPS) is 12.8. The van der Waals surface area contributed by atoms with Gasteiger partial charge in [-0.3, -0.25) is 0 Å². The van der Waals surface area contributed by atoms with E-state index in [-0.39, 0.29) is 0 Å². The van der Waals surface area contributed by atoms with Crippen LogP contribution in [0, 0.1) is 12.7 Å². The molecule has 0 spiro atoms. The molecule has 1 aromatic carbocycles. The highest BCUT2D eigenvalue weighted by Gasteiger charge is 2.16. The second kappa shape index (κ2) is 4.53. The zero-order chi connectivity index (χ0) is 11.7. The van der Waals surface area contributed by atoms with Crippen LogP contribution < -0.4 is 0 Å². The lowest BCUT2D eigenvalue weighted by molar-refractivity contribution is 0.224. The summed E-state index contributed by atoms with van der Waals surface area (Å²) in [6, 6.07) is 7.73. The summed E-state index contributed by atoms with van der Waals surface area (Å²) in [5, 5.41) is 10.4. The number of benzene rings is 1. The Balaban J connectivity index is 2.40. The van der Waals surface area contributed by atoms with Crippen LogP contribution in [0.25, 0.3) is 0 Å². The SMILES string of the molecule is Cc1ccc(C(O)c2cc(F)ccc2Cl)s1. The summed E-state index contributed by atoms with van der Waals surface area (Å²) in [5.41, 5.74) is 0.406. The Morgan fingerprint density at radius 2 is 2.06 bits per heavy atom. The second-order valence-electron chi connectivity index (χ2n) is 3.52. The molecule has 1 atom stereocenters. The lowest BCUT2D eigenvalue weighted by Gasteiger charge is -2.10. The van der Waals surface area contributed by atoms with E-state index in [9.17, 15) is 9.50 Å². The monoisotopic (exact) mass is 256 g/mol. The van der Waals surface area contributed by atoms with Crippen molar-refractivity contribution in [3.05, 3.63) is 56.5 Å². The molecule has 1 unspecified atom stereocenters. The number of halogens is 2. The molecule has 16 heavy (non-hydrogen) atoms. The molecule has 0 amide bonds. The van der Waals surface area contributed by atoms with Crippen LogP contribution >= 0.6 is 22.9 Å². The summed E-state index contributed by atoms with van der Waals surface area (Å²) in [6.45, 7) is 1.95. The number of aliphatic hydroxyl groups is 1. The maximum absolute atomic E-state index is 13.1. The Bertz CT molecular complexity index is 509. The average Bonchev–Trinajstić information content (AvgIpc) is 2.67. The predicted octanol–water partition coefficient (Wildman–Crippen LogP) is 3.93. The van der Waals surface area contributed by atoms with E-state index in [0.717, 1.165) is 9.75 Å². The Kier molecular flexibility index (Phi) is 3.28. The van der Waals surface area contributed by atoms with Crippen molar-refractivity contribution in [1.29, 1.82) is 0 Å². The molecule has 1 heterocycles. The maximum Gasteiger partial charge on any atom is 0.123 e. The highest BCUT2D eigenvalue weighted by molar-refractivity contribution is 7.12. The van der Waals surface area contributed by atoms with Crippen LogP contribution in [0.2, 0.25) is 5.02 Å². The van der Waals surface area contributed by atoms with E-state index >= 15 is 0 Å². The van der Waals surface area contributed by atoms with E-state index in [4.69, 9.17) is 11.6 Å². The third-order valence-corrected chi connectivity index (χ3v) is 3.68. The predicted molar refractivity (Wildman–Crippen MR) is 64.5 cm³/mol. The summed E-state index contributed by atoms with van der Waals surface area (Å²) in [4.78, 5) is 1.87. The van der Waals surface area contributed by atoms with Crippen molar-refractivity contribution >= 4 is 22.9 Å². The van der Waals surface area contributed by atoms with Gasteiger partial charge < -0.3 is 5.11 Å². The molecule has 0 radical (unpaired) electrons. The smallest absolute Gasteiger partial charge is 0.123 e. The molecular formula is C12H10ClFOS. The number of thiophene rings is 1. The average molecular weight is 257 g/mol. The summed E-state index contributed by atoms with van der Waals surface area (Å²) in [7, 11) is 0. The fourth-order valence-electron chi connectivity index (χ4n) is 1.48. The first-order chi connectivity index (χ1) is 7.58. The zero-order valence-electron chi connectivity index (χ0n) is 8.58. The Morgan fingerprint density at radius 1 is 1.31 bits per heavy atom. The minimum Gasteiger partial charge on any atom is -0.383 e. The molecule has 1 aromatic heterocycles. The first-order valence-corrected chi connectivity index (χ1v) is 5.96. The van der Waals surface area contributed by atoms with Gasteiger partial charge in [0.05, 0.1) is 0 Å². The van der Waals surface area contributed by atoms with Crippen molar-refractivity contribution in [2.75, 3.05) is 0 Å². The number of hydrogen-bond donors (Lipinski definition) is 1. The van der Waals surface area contributed by atoms with Crippen LogP contribution in [0.1, 0.15) is 21.4 Å². The first-order valence-electron chi connectivity index (χ1n) is 4.77. The summed E-state index contributed by atoms with van der Waals surface area (Å²) in [5.74, 6) is -0.397. The molecule has 0 aliphatic heterocycles. The molecule has 0 bridgehead atoms. The van der Waals surface area contributed by atoms with E-state index in [2.05, 4.69) is 0 Å². The van der Waals surface area contributed by atoms with Crippen molar-refractivity contribution in [2.24, 2.45) is 0 Å². The second-order valence-corrected chi connectivity index (χ2v) is 5.24. The van der Waals surface area contributed by atoms with Crippen molar-refractivity contribution < 1.29 is 9.50 Å². The van der Waals surface area contributed by atoms with Crippen molar-refractivity contribution in [1.82, 2.24) is 0 Å². The number of hydrogen-bond acceptors (Lipinski definition) is 2. The number of aryl methyl sites for hydroxylation is 1. The highest BCUT2D eigenvalue weighted by Crippen LogP contribution is 2.32. The molecular weight excluding hydrogens is 247 g/mol. The van der Waals surface area contributed by atoms with Crippen molar-refractivity contribution in [3.8, 4) is 0 Å². The summed E-state index contributed by atoms with van der Waals surface area (Å²) >= 11 is 7.40. The van der Waals surface area contributed by atoms with Crippen LogP contribution in [-0.4, -0.2) is 5.11 Å². The molecule has 84 valence electrons. The summed E-state index contributed by atoms with van der Waals surface area (Å²) in [6.07, 6.45) is -0.859. The van der Waals surface area contributed by atoms with Gasteiger partial charge in [-0.25, -0.2) is 4.39 Å². The van der Waals surface area contributed by atoms with Crippen LogP contribution in [-0.2, 0) is 0 Å². The molecule has 0 fully saturated rings. The third-order valence-electron chi connectivity index (χ3n) is 2.28. The Morgan fingerprint density at radius 3 is 2.69 bits per heavy atom. The molecule has 2 aromatic rings. The van der Waals surface area contributed by atoms with E-state index in [1.165, 1.54) is 29.5 Å². The lowest BCUT2D eigenvalue weighted by Crippen LogP contribution is -1.98. The van der Waals surface area contributed by atoms with Crippen LogP contribution in [0.3, 0.4) is 0 Å². The number of rotatable bonds is 2. The van der Waals surface area contributed by atoms with Gasteiger partial charge >= 0.3 is 0 Å². The Labute approximate surface area is 102 Å². The van der Waals surface area contributed by atoms with Crippen LogP contribution in [0.5, 0.6) is 0 Å². The molecule has 0 aliphatic carbocycles. The van der Waals surface area contributed by atoms with Gasteiger partial charge in [0, 0.05) is 20.3 Å². The van der Waals surface area contributed by atoms with Crippen molar-refractivity contribution in [3.63, 3.8) is 0 Å². The van der Waals surface area contributed by atoms with Crippen molar-refractivity contribution in [2.45, 2.75) is 13.0 Å². The maximum atomic E-state index is 13.1. The highest BCUT2D eigenvalue weighted by atomic mass is 35.5. The molecule has 2 rings (SSSR count). The van der Waals surface area contributed by atoms with E-state index in [1.54, 1.807) is 0 Å². The lowest BCUT2D eigenvalue weighted by atomic mass is 10.1. The minimum absolute atomic E-state index is 0.375. The quantitative estimate of drug-likeness (QED) is 0.863. The van der Waals surface area contributed by atoms with Gasteiger partial charge in [-0.1, -0.05) is 11.6 Å². The molecule has 0 saturated carbocycles. The van der Waals surface area contributed by atoms with Gasteiger partial charge in [-0.05, 0) is 37.3 Å². The number of aliphatic hydroxyl groups excluding tert-OH is 1. The largest absolute Gasteiger partial charge is 0.383 e. The van der Waals surface area contributed by atoms with Gasteiger partial charge in [0.1, 0.15) is 11.9 Å². The molecule has 4 heteroatoms. The first kappa shape index (κ1) is 11.6. The van der Waals surface area contributed by atoms with E-state index < -0.39 is 11.9 Å². The van der Waals surface area contributed by atoms with Gasteiger partial charge in [-0.2, -0.15) is 0 Å². The zero-order valence-corrected chi connectivity index (χ0v) is 10.1. The minimum atomic E-state index is -0.859. The molecule has 0 aliphatic rings. The van der Waals surface area contributed by atoms with Gasteiger partial charge in [0.2, 0.25) is 0 Å². The fourth-order valence-corrected chi connectivity index (χ4v) is 2.58. The molecule has 1 nitrogen and oxygen atoms in total. The van der Waals surface area contributed by atoms with Crippen LogP contribution in [0.15, 0.2) is 30.3 Å². The van der Waals surface area contributed by atoms with Gasteiger partial charge in [-0.15, -0.1) is 11.3 Å². The standard InChI is InChI=1S/C12H10ClFOS/c1-7-2-5-11(16-7)12(15)9-6-8(14)3-4-10(9)13/h2-6,12,15H,1H3. The topological polar surface area (TPSA) is 20.2 Å².